The molecule has 0 spiro atoms. The molecule has 4 fully saturated rings. The highest BCUT2D eigenvalue weighted by atomic mass is 32.2. The molecular formula is C42H62N6O8S2. The molecule has 4 aliphatic rings. The molecule has 4 heterocycles. The number of carbonyl (C=O) groups excluding carboxylic acids is 7. The molecule has 6 amide bonds. The number of benzene rings is 1. The van der Waals surface area contributed by atoms with Crippen LogP contribution in [0.2, 0.25) is 0 Å². The zero-order valence-corrected chi connectivity index (χ0v) is 35.5. The third-order valence-electron chi connectivity index (χ3n) is 11.3. The Bertz CT molecular complexity index is 1510. The quantitative estimate of drug-likeness (QED) is 0.0416. The van der Waals surface area contributed by atoms with Gasteiger partial charge in [0.05, 0.1) is 36.8 Å². The Kier molecular flexibility index (Phi) is 18.5. The van der Waals surface area contributed by atoms with Gasteiger partial charge in [0, 0.05) is 73.6 Å². The van der Waals surface area contributed by atoms with Crippen molar-refractivity contribution in [3.05, 3.63) is 34.9 Å². The third kappa shape index (κ3) is 14.8. The number of fused-ring (bicyclic) bond motifs is 2. The van der Waals surface area contributed by atoms with E-state index >= 15 is 0 Å². The van der Waals surface area contributed by atoms with Crippen LogP contribution in [-0.4, -0.2) is 108 Å². The maximum absolute atomic E-state index is 12.9. The van der Waals surface area contributed by atoms with Crippen LogP contribution in [0.15, 0.2) is 18.2 Å². The number of nitrogens with one attached hydrogen (secondary N) is 6. The number of carbonyl (C=O) groups is 7. The van der Waals surface area contributed by atoms with Crippen LogP contribution in [0.5, 0.6) is 0 Å². The first-order chi connectivity index (χ1) is 28.1. The standard InChI is InChI=1S/C42H62N6O8S2/c1-56-40(53)29-21-27(23-30(49)12-4-2-10-18-43-36(51)16-8-6-14-34-38-32(25-57-34)45-41(54)47-38)20-28(22-29)24-31(50)13-5-3-11-19-44-37(52)17-9-7-15-35-39-33(26-58-35)46-42(55)48-39/h20-22,32-35,38-39H,2-19,23-26H2,1H3,(H,43,51)(H,44,52)(H2,45,47,54)(H2,46,48,55). The minimum Gasteiger partial charge on any atom is -0.465 e. The largest absolute Gasteiger partial charge is 0.465 e. The van der Waals surface area contributed by atoms with Gasteiger partial charge in [-0.25, -0.2) is 14.4 Å². The number of unbranched alkanes of at least 4 members (excludes halogenated alkanes) is 6. The van der Waals surface area contributed by atoms with E-state index in [0.717, 1.165) is 75.7 Å². The van der Waals surface area contributed by atoms with Gasteiger partial charge in [-0.2, -0.15) is 23.5 Å². The molecule has 1 aromatic carbocycles. The van der Waals surface area contributed by atoms with Gasteiger partial charge in [0.15, 0.2) is 0 Å². The second-order valence-electron chi connectivity index (χ2n) is 16.0. The number of thioether (sulfide) groups is 2. The van der Waals surface area contributed by atoms with E-state index in [1.54, 1.807) is 12.1 Å². The molecule has 320 valence electrons. The monoisotopic (exact) mass is 842 g/mol. The maximum Gasteiger partial charge on any atom is 0.337 e. The smallest absolute Gasteiger partial charge is 0.337 e. The van der Waals surface area contributed by atoms with Gasteiger partial charge in [0.1, 0.15) is 11.6 Å². The summed E-state index contributed by atoms with van der Waals surface area (Å²) in [4.78, 5) is 85.8. The maximum atomic E-state index is 12.9. The SMILES string of the molecule is COC(=O)c1cc(CC(=O)CCCCCNC(=O)CCCCC2SCC3NC(=O)NC32)cc(CC(=O)CCCCCNC(=O)CCCCC2SCC3NC(=O)NC32)c1. The average molecular weight is 843 g/mol. The number of hydrogen-bond donors (Lipinski definition) is 6. The van der Waals surface area contributed by atoms with E-state index in [4.69, 9.17) is 4.74 Å². The summed E-state index contributed by atoms with van der Waals surface area (Å²) >= 11 is 3.77. The summed E-state index contributed by atoms with van der Waals surface area (Å²) in [5, 5.41) is 18.7. The van der Waals surface area contributed by atoms with Gasteiger partial charge in [0.25, 0.3) is 0 Å². The molecule has 0 saturated carbocycles. The van der Waals surface area contributed by atoms with Crippen molar-refractivity contribution in [2.75, 3.05) is 31.7 Å². The first-order valence-electron chi connectivity index (χ1n) is 21.2. The number of ether oxygens (including phenoxy) is 1. The lowest BCUT2D eigenvalue weighted by Crippen LogP contribution is -2.36. The molecule has 58 heavy (non-hydrogen) atoms. The molecule has 6 N–H and O–H groups in total. The van der Waals surface area contributed by atoms with Crippen molar-refractivity contribution in [3.8, 4) is 0 Å². The number of urea groups is 2. The average Bonchev–Trinajstić information content (AvgIpc) is 3.96. The number of methoxy groups -OCH3 is 1. The van der Waals surface area contributed by atoms with E-state index in [9.17, 15) is 33.6 Å². The number of Topliss-reactive ketones (excluding diaryl/α,β-unsaturated/α-hetero) is 2. The number of hydrogen-bond acceptors (Lipinski definition) is 10. The fraction of sp³-hybridized carbons (Fsp3) is 0.690. The second-order valence-corrected chi connectivity index (χ2v) is 18.6. The molecular weight excluding hydrogens is 781 g/mol. The Morgan fingerprint density at radius 2 is 1.05 bits per heavy atom. The molecule has 4 saturated heterocycles. The lowest BCUT2D eigenvalue weighted by Gasteiger charge is -2.16. The number of amides is 6. The second kappa shape index (κ2) is 23.7. The predicted molar refractivity (Wildman–Crippen MR) is 226 cm³/mol. The Balaban J connectivity index is 0.881. The van der Waals surface area contributed by atoms with Gasteiger partial charge in [-0.1, -0.05) is 31.7 Å². The van der Waals surface area contributed by atoms with Gasteiger partial charge in [-0.15, -0.1) is 0 Å². The zero-order valence-electron chi connectivity index (χ0n) is 33.8. The molecule has 4 aliphatic heterocycles. The van der Waals surface area contributed by atoms with Crippen molar-refractivity contribution in [1.82, 2.24) is 31.9 Å². The van der Waals surface area contributed by atoms with Crippen molar-refractivity contribution < 1.29 is 38.3 Å². The van der Waals surface area contributed by atoms with Crippen LogP contribution in [0.1, 0.15) is 124 Å². The first-order valence-corrected chi connectivity index (χ1v) is 23.3. The van der Waals surface area contributed by atoms with Crippen LogP contribution in [0.4, 0.5) is 9.59 Å². The number of esters is 1. The van der Waals surface area contributed by atoms with E-state index in [-0.39, 0.29) is 72.5 Å². The van der Waals surface area contributed by atoms with E-state index < -0.39 is 5.97 Å². The molecule has 1 aromatic rings. The summed E-state index contributed by atoms with van der Waals surface area (Å²) in [6, 6.07) is 5.81. The molecule has 14 nitrogen and oxygen atoms in total. The molecule has 0 radical (unpaired) electrons. The van der Waals surface area contributed by atoms with Gasteiger partial charge in [-0.05, 0) is 74.6 Å². The van der Waals surface area contributed by atoms with Gasteiger partial charge in [0.2, 0.25) is 11.8 Å². The molecule has 0 aromatic heterocycles. The predicted octanol–water partition coefficient (Wildman–Crippen LogP) is 4.50. The van der Waals surface area contributed by atoms with Crippen molar-refractivity contribution in [3.63, 3.8) is 0 Å². The Hall–Kier alpha value is -3.79. The van der Waals surface area contributed by atoms with Crippen LogP contribution in [0.25, 0.3) is 0 Å². The van der Waals surface area contributed by atoms with E-state index in [1.165, 1.54) is 7.11 Å². The van der Waals surface area contributed by atoms with E-state index in [2.05, 4.69) is 31.9 Å². The van der Waals surface area contributed by atoms with Gasteiger partial charge in [-0.3, -0.25) is 19.2 Å². The summed E-state index contributed by atoms with van der Waals surface area (Å²) in [5.41, 5.74) is 1.68. The summed E-state index contributed by atoms with van der Waals surface area (Å²) in [5.74, 6) is 1.54. The van der Waals surface area contributed by atoms with Crippen molar-refractivity contribution in [2.24, 2.45) is 0 Å². The topological polar surface area (TPSA) is 201 Å². The Labute approximate surface area is 350 Å². The number of rotatable bonds is 27. The Morgan fingerprint density at radius 1 is 0.603 bits per heavy atom. The number of ketones is 2. The molecule has 6 atom stereocenters. The summed E-state index contributed by atoms with van der Waals surface area (Å²) in [7, 11) is 1.30. The lowest BCUT2D eigenvalue weighted by molar-refractivity contribution is -0.122. The normalized spacial score (nSPS) is 22.9. The third-order valence-corrected chi connectivity index (χ3v) is 14.4. The molecule has 5 rings (SSSR count). The van der Waals surface area contributed by atoms with Crippen LogP contribution >= 0.6 is 23.5 Å². The van der Waals surface area contributed by atoms with Crippen molar-refractivity contribution in [2.45, 2.75) is 150 Å². The summed E-state index contributed by atoms with van der Waals surface area (Å²) in [6.07, 6.45) is 12.2. The minimum absolute atomic E-state index is 0.0421. The molecule has 16 heteroatoms. The van der Waals surface area contributed by atoms with Crippen LogP contribution in [0.3, 0.4) is 0 Å². The molecule has 0 bridgehead atoms. The van der Waals surface area contributed by atoms with Crippen LogP contribution in [-0.2, 0) is 36.8 Å². The fourth-order valence-corrected chi connectivity index (χ4v) is 11.4. The fourth-order valence-electron chi connectivity index (χ4n) is 8.26. The van der Waals surface area contributed by atoms with Crippen molar-refractivity contribution >= 4 is 64.9 Å². The van der Waals surface area contributed by atoms with Gasteiger partial charge >= 0.3 is 18.0 Å². The van der Waals surface area contributed by atoms with Gasteiger partial charge < -0.3 is 36.6 Å². The molecule has 0 aliphatic carbocycles. The highest BCUT2D eigenvalue weighted by molar-refractivity contribution is 8.00. The first kappa shape index (κ1) is 45.3. The Morgan fingerprint density at radius 3 is 1.50 bits per heavy atom. The lowest BCUT2D eigenvalue weighted by atomic mass is 9.96. The minimum atomic E-state index is -0.516. The van der Waals surface area contributed by atoms with Crippen molar-refractivity contribution in [1.29, 1.82) is 0 Å². The highest BCUT2D eigenvalue weighted by Gasteiger charge is 2.43. The highest BCUT2D eigenvalue weighted by Crippen LogP contribution is 2.34. The van der Waals surface area contributed by atoms with E-state index in [0.29, 0.717) is 78.8 Å². The zero-order chi connectivity index (χ0) is 41.3. The molecule has 6 unspecified atom stereocenters. The van der Waals surface area contributed by atoms with Crippen LogP contribution in [0, 0.1) is 0 Å². The summed E-state index contributed by atoms with van der Waals surface area (Å²) in [6.45, 7) is 1.15. The van der Waals surface area contributed by atoms with Crippen LogP contribution < -0.4 is 31.9 Å². The van der Waals surface area contributed by atoms with E-state index in [1.807, 2.05) is 29.6 Å². The summed E-state index contributed by atoms with van der Waals surface area (Å²) < 4.78 is 4.93.